The molecule has 0 aromatic carbocycles. The average molecular weight is 183 g/mol. The fraction of sp³-hybridized carbons (Fsp3) is 0. The Hall–Kier alpha value is -2.10. The first-order chi connectivity index (χ1) is 6.95. The second-order valence-corrected chi connectivity index (χ2v) is 2.96. The van der Waals surface area contributed by atoms with Crippen molar-refractivity contribution in [2.24, 2.45) is 0 Å². The van der Waals surface area contributed by atoms with E-state index in [1.165, 1.54) is 0 Å². The fourth-order valence-corrected chi connectivity index (χ4v) is 1.48. The molecule has 0 aliphatic carbocycles. The highest BCUT2D eigenvalue weighted by molar-refractivity contribution is 5.77. The number of rotatable bonds is 1. The van der Waals surface area contributed by atoms with Gasteiger partial charge in [0.2, 0.25) is 0 Å². The molecule has 14 heavy (non-hydrogen) atoms. The molecule has 0 spiro atoms. The van der Waals surface area contributed by atoms with Gasteiger partial charge in [-0.3, -0.25) is 9.67 Å². The van der Waals surface area contributed by atoms with Crippen LogP contribution in [0.2, 0.25) is 0 Å². The Labute approximate surface area is 80.2 Å². The summed E-state index contributed by atoms with van der Waals surface area (Å²) in [5, 5.41) is 7.88. The van der Waals surface area contributed by atoms with Gasteiger partial charge in [0.05, 0.1) is 0 Å². The van der Waals surface area contributed by atoms with Gasteiger partial charge in [-0.05, 0) is 18.2 Å². The maximum atomic E-state index is 4.29. The molecule has 0 aliphatic rings. The molecule has 0 saturated carbocycles. The van der Waals surface area contributed by atoms with E-state index in [4.69, 9.17) is 0 Å². The first-order valence-electron chi connectivity index (χ1n) is 4.29. The lowest BCUT2D eigenvalue weighted by molar-refractivity contribution is 0.976. The zero-order valence-electron chi connectivity index (χ0n) is 7.31. The Morgan fingerprint density at radius 3 is 3.21 bits per heavy atom. The third-order valence-corrected chi connectivity index (χ3v) is 2.11. The maximum Gasteiger partial charge on any atom is 0.168 e. The van der Waals surface area contributed by atoms with E-state index < -0.39 is 0 Å². The van der Waals surface area contributed by atoms with Crippen LogP contribution in [0.4, 0.5) is 0 Å². The number of H-pyrrole nitrogens is 1. The largest absolute Gasteiger partial charge is 0.283 e. The summed E-state index contributed by atoms with van der Waals surface area (Å²) in [5.74, 6) is 0.735. The quantitative estimate of drug-likeness (QED) is 0.622. The molecule has 0 atom stereocenters. The molecule has 67 valence electrons. The summed E-state index contributed by atoms with van der Waals surface area (Å²) in [5.41, 5.74) is 0.899. The van der Waals surface area contributed by atoms with E-state index in [2.05, 4.69) is 21.2 Å². The van der Waals surface area contributed by atoms with E-state index in [0.29, 0.717) is 0 Å². The zero-order valence-corrected chi connectivity index (χ0v) is 7.31. The van der Waals surface area contributed by atoms with Crippen LogP contribution in [0.3, 0.4) is 0 Å². The van der Waals surface area contributed by atoms with Gasteiger partial charge >= 0.3 is 0 Å². The van der Waals surface area contributed by atoms with E-state index in [0.717, 1.165) is 16.9 Å². The lowest BCUT2D eigenvalue weighted by Crippen LogP contribution is -1.93. The molecule has 3 heterocycles. The highest BCUT2D eigenvalue weighted by atomic mass is 15.2. The Morgan fingerprint density at radius 2 is 2.36 bits per heavy atom. The molecule has 1 N–H and O–H groups in total. The normalized spacial score (nSPS) is 10.9. The summed E-state index contributed by atoms with van der Waals surface area (Å²) >= 11 is 0. The number of aromatic nitrogens is 4. The van der Waals surface area contributed by atoms with Crippen LogP contribution in [0.25, 0.3) is 16.9 Å². The molecule has 3 aromatic rings. The smallest absolute Gasteiger partial charge is 0.168 e. The van der Waals surface area contributed by atoms with Gasteiger partial charge in [-0.25, -0.2) is 4.98 Å². The summed E-state index contributed by atoms with van der Waals surface area (Å²) in [6.07, 6.45) is 5.37. The van der Waals surface area contributed by atoms with Crippen LogP contribution in [-0.2, 0) is 0 Å². The monoisotopic (exact) mass is 183 g/mol. The van der Waals surface area contributed by atoms with Crippen LogP contribution in [0.1, 0.15) is 0 Å². The predicted molar refractivity (Wildman–Crippen MR) is 52.1 cm³/mol. The molecule has 0 aliphatic heterocycles. The molecule has 4 nitrogen and oxygen atoms in total. The summed E-state index contributed by atoms with van der Waals surface area (Å²) in [4.78, 5) is 4.29. The minimum absolute atomic E-state index is 0.735. The topological polar surface area (TPSA) is 46.5 Å². The summed E-state index contributed by atoms with van der Waals surface area (Å²) < 4.78 is 1.89. The molecule has 0 amide bonds. The highest BCUT2D eigenvalue weighted by Gasteiger charge is 2.04. The van der Waals surface area contributed by atoms with Crippen LogP contribution in [0, 0.1) is 6.07 Å². The summed E-state index contributed by atoms with van der Waals surface area (Å²) in [6.45, 7) is 0. The van der Waals surface area contributed by atoms with E-state index in [1.807, 2.05) is 29.0 Å². The minimum atomic E-state index is 0.735. The van der Waals surface area contributed by atoms with Crippen molar-refractivity contribution in [3.8, 4) is 5.82 Å². The van der Waals surface area contributed by atoms with Crippen molar-refractivity contribution >= 4 is 11.0 Å². The van der Waals surface area contributed by atoms with Crippen molar-refractivity contribution in [1.82, 2.24) is 19.7 Å². The second-order valence-electron chi connectivity index (χ2n) is 2.96. The predicted octanol–water partition coefficient (Wildman–Crippen LogP) is 1.55. The maximum absolute atomic E-state index is 4.29. The number of aromatic amines is 1. The third kappa shape index (κ3) is 0.939. The van der Waals surface area contributed by atoms with Gasteiger partial charge in [-0.1, -0.05) is 0 Å². The summed E-state index contributed by atoms with van der Waals surface area (Å²) in [7, 11) is 0. The van der Waals surface area contributed by atoms with Crippen LogP contribution in [0.5, 0.6) is 0 Å². The highest BCUT2D eigenvalue weighted by Crippen LogP contribution is 2.15. The molecule has 3 aromatic heterocycles. The minimum Gasteiger partial charge on any atom is -0.283 e. The van der Waals surface area contributed by atoms with Gasteiger partial charge in [0.15, 0.2) is 5.82 Å². The SMILES string of the molecule is [c]1c[nH]nc1-n1ccc2cccnc21. The Balaban J connectivity index is 2.33. The molecule has 0 bridgehead atoms. The molecule has 0 saturated heterocycles. The molecule has 3 rings (SSSR count). The van der Waals surface area contributed by atoms with Gasteiger partial charge in [0, 0.05) is 30.0 Å². The Kier molecular flexibility index (Phi) is 1.41. The summed E-state index contributed by atoms with van der Waals surface area (Å²) in [6, 6.07) is 8.93. The van der Waals surface area contributed by atoms with Crippen LogP contribution >= 0.6 is 0 Å². The van der Waals surface area contributed by atoms with Gasteiger partial charge in [0.25, 0.3) is 0 Å². The number of fused-ring (bicyclic) bond motifs is 1. The van der Waals surface area contributed by atoms with Crippen molar-refractivity contribution < 1.29 is 0 Å². The van der Waals surface area contributed by atoms with Crippen molar-refractivity contribution in [1.29, 1.82) is 0 Å². The van der Waals surface area contributed by atoms with Crippen molar-refractivity contribution in [2.45, 2.75) is 0 Å². The number of hydrogen-bond donors (Lipinski definition) is 1. The molecule has 0 fully saturated rings. The van der Waals surface area contributed by atoms with Gasteiger partial charge in [0.1, 0.15) is 5.65 Å². The van der Waals surface area contributed by atoms with Gasteiger partial charge in [-0.15, -0.1) is 0 Å². The molecular weight excluding hydrogens is 176 g/mol. The van der Waals surface area contributed by atoms with E-state index in [-0.39, 0.29) is 0 Å². The third-order valence-electron chi connectivity index (χ3n) is 2.11. The van der Waals surface area contributed by atoms with E-state index in [1.54, 1.807) is 12.4 Å². The van der Waals surface area contributed by atoms with Crippen molar-refractivity contribution in [2.75, 3.05) is 0 Å². The molecule has 4 heteroatoms. The Bertz CT molecular complexity index is 550. The first kappa shape index (κ1) is 7.32. The average Bonchev–Trinajstić information content (AvgIpc) is 2.85. The number of hydrogen-bond acceptors (Lipinski definition) is 2. The fourth-order valence-electron chi connectivity index (χ4n) is 1.48. The number of pyridine rings is 1. The first-order valence-corrected chi connectivity index (χ1v) is 4.29. The van der Waals surface area contributed by atoms with Crippen LogP contribution < -0.4 is 0 Å². The number of nitrogens with zero attached hydrogens (tertiary/aromatic N) is 3. The van der Waals surface area contributed by atoms with Gasteiger partial charge < -0.3 is 0 Å². The molecule has 1 radical (unpaired) electrons. The van der Waals surface area contributed by atoms with E-state index >= 15 is 0 Å². The van der Waals surface area contributed by atoms with Crippen molar-refractivity contribution in [3.63, 3.8) is 0 Å². The van der Waals surface area contributed by atoms with Gasteiger partial charge in [-0.2, -0.15) is 5.10 Å². The zero-order chi connectivity index (χ0) is 9.38. The lowest BCUT2D eigenvalue weighted by Gasteiger charge is -1.97. The molecule has 0 unspecified atom stereocenters. The van der Waals surface area contributed by atoms with Crippen LogP contribution in [0.15, 0.2) is 36.8 Å². The number of nitrogens with one attached hydrogen (secondary N) is 1. The van der Waals surface area contributed by atoms with E-state index in [9.17, 15) is 0 Å². The second kappa shape index (κ2) is 2.70. The van der Waals surface area contributed by atoms with Crippen LogP contribution in [-0.4, -0.2) is 19.7 Å². The Morgan fingerprint density at radius 1 is 1.36 bits per heavy atom. The lowest BCUT2D eigenvalue weighted by atomic mass is 10.3. The molecular formula is C10H7N4. The standard InChI is InChI=1S/C10H7N4/c1-2-8-4-7-14(10(8)11-5-1)9-3-6-12-13-9/h1-2,4-7H,(H,12,13). The van der Waals surface area contributed by atoms with Crippen molar-refractivity contribution in [3.05, 3.63) is 42.9 Å².